The third kappa shape index (κ3) is 2.84. The molecule has 118 valence electrons. The average molecular weight is 301 g/mol. The third-order valence-electron chi connectivity index (χ3n) is 5.36. The van der Waals surface area contributed by atoms with E-state index in [4.69, 9.17) is 9.47 Å². The molecule has 22 heavy (non-hydrogen) atoms. The maximum Gasteiger partial charge on any atom is 0.253 e. The summed E-state index contributed by atoms with van der Waals surface area (Å²) in [5.74, 6) is 0.980. The monoisotopic (exact) mass is 301 g/mol. The number of hydrogen-bond donors (Lipinski definition) is 0. The summed E-state index contributed by atoms with van der Waals surface area (Å²) < 4.78 is 11.1. The maximum absolute atomic E-state index is 12.6. The highest BCUT2D eigenvalue weighted by Gasteiger charge is 2.45. The number of rotatable bonds is 3. The molecule has 4 rings (SSSR count). The van der Waals surface area contributed by atoms with Gasteiger partial charge in [0.1, 0.15) is 11.9 Å². The highest BCUT2D eigenvalue weighted by Crippen LogP contribution is 2.53. The molecule has 1 aromatic rings. The number of hydrogen-bond acceptors (Lipinski definition) is 3. The largest absolute Gasteiger partial charge is 0.488 e. The van der Waals surface area contributed by atoms with Crippen molar-refractivity contribution in [1.82, 2.24) is 4.90 Å². The van der Waals surface area contributed by atoms with Gasteiger partial charge in [0, 0.05) is 25.1 Å². The predicted molar refractivity (Wildman–Crippen MR) is 83.1 cm³/mol. The number of carbonyl (C=O) groups excluding carboxylic acids is 1. The second-order valence-electron chi connectivity index (χ2n) is 6.92. The summed E-state index contributed by atoms with van der Waals surface area (Å²) in [4.78, 5) is 14.6. The lowest BCUT2D eigenvalue weighted by molar-refractivity contribution is 0.0678. The van der Waals surface area contributed by atoms with E-state index in [2.05, 4.69) is 0 Å². The number of carbonyl (C=O) groups is 1. The first-order valence-electron chi connectivity index (χ1n) is 8.38. The van der Waals surface area contributed by atoms with Gasteiger partial charge >= 0.3 is 0 Å². The zero-order valence-corrected chi connectivity index (χ0v) is 12.9. The molecule has 1 spiro atoms. The Bertz CT molecular complexity index is 534. The van der Waals surface area contributed by atoms with Gasteiger partial charge in [0.15, 0.2) is 0 Å². The highest BCUT2D eigenvalue weighted by molar-refractivity contribution is 5.94. The summed E-state index contributed by atoms with van der Waals surface area (Å²) in [5, 5.41) is 0. The van der Waals surface area contributed by atoms with Gasteiger partial charge < -0.3 is 14.4 Å². The molecule has 1 aliphatic carbocycles. The fourth-order valence-electron chi connectivity index (χ4n) is 3.52. The quantitative estimate of drug-likeness (QED) is 0.861. The van der Waals surface area contributed by atoms with E-state index >= 15 is 0 Å². The number of nitrogens with zero attached hydrogens (tertiary/aromatic N) is 1. The van der Waals surface area contributed by atoms with E-state index in [-0.39, 0.29) is 12.0 Å². The van der Waals surface area contributed by atoms with E-state index in [9.17, 15) is 4.79 Å². The van der Waals surface area contributed by atoms with Gasteiger partial charge in [0.05, 0.1) is 13.2 Å². The molecule has 0 radical (unpaired) electrons. The molecule has 1 saturated carbocycles. The average Bonchev–Trinajstić information content (AvgIpc) is 3.10. The molecule has 0 bridgehead atoms. The topological polar surface area (TPSA) is 38.8 Å². The first-order valence-corrected chi connectivity index (χ1v) is 8.38. The van der Waals surface area contributed by atoms with Gasteiger partial charge in [0.2, 0.25) is 0 Å². The van der Waals surface area contributed by atoms with Crippen molar-refractivity contribution in [2.24, 2.45) is 5.41 Å². The van der Waals surface area contributed by atoms with E-state index in [1.54, 1.807) is 0 Å². The highest BCUT2D eigenvalue weighted by atomic mass is 16.5. The SMILES string of the molecule is O=C(c1ccc(OC2CCOC2)cc1)N1CCC2(CC1)CC2. The molecule has 2 heterocycles. The van der Waals surface area contributed by atoms with Crippen LogP contribution in [-0.2, 0) is 4.74 Å². The van der Waals surface area contributed by atoms with Crippen molar-refractivity contribution in [3.63, 3.8) is 0 Å². The molecule has 3 fully saturated rings. The predicted octanol–water partition coefficient (Wildman–Crippen LogP) is 2.87. The lowest BCUT2D eigenvalue weighted by atomic mass is 9.93. The van der Waals surface area contributed by atoms with Gasteiger partial charge in [0.25, 0.3) is 5.91 Å². The van der Waals surface area contributed by atoms with Crippen LogP contribution in [0.5, 0.6) is 5.75 Å². The van der Waals surface area contributed by atoms with Gasteiger partial charge in [-0.05, 0) is 55.4 Å². The van der Waals surface area contributed by atoms with Crippen LogP contribution in [-0.4, -0.2) is 43.2 Å². The smallest absolute Gasteiger partial charge is 0.253 e. The van der Waals surface area contributed by atoms with E-state index in [1.165, 1.54) is 25.7 Å². The van der Waals surface area contributed by atoms with Crippen LogP contribution in [0.2, 0.25) is 0 Å². The summed E-state index contributed by atoms with van der Waals surface area (Å²) in [6.45, 7) is 3.26. The number of likely N-dealkylation sites (tertiary alicyclic amines) is 1. The molecule has 4 nitrogen and oxygen atoms in total. The standard InChI is InChI=1S/C18H23NO3/c20-17(19-10-8-18(6-7-18)9-11-19)14-1-3-15(4-2-14)22-16-5-12-21-13-16/h1-4,16H,5-13H2. The number of ether oxygens (including phenoxy) is 2. The van der Waals surface area contributed by atoms with Crippen LogP contribution in [0.25, 0.3) is 0 Å². The van der Waals surface area contributed by atoms with Crippen LogP contribution in [0.3, 0.4) is 0 Å². The van der Waals surface area contributed by atoms with Gasteiger partial charge in [-0.1, -0.05) is 0 Å². The number of amides is 1. The van der Waals surface area contributed by atoms with Crippen LogP contribution >= 0.6 is 0 Å². The molecule has 2 aliphatic heterocycles. The fraction of sp³-hybridized carbons (Fsp3) is 0.611. The van der Waals surface area contributed by atoms with E-state index < -0.39 is 0 Å². The molecule has 4 heteroatoms. The Balaban J connectivity index is 1.36. The second-order valence-corrected chi connectivity index (χ2v) is 6.92. The third-order valence-corrected chi connectivity index (χ3v) is 5.36. The van der Waals surface area contributed by atoms with E-state index in [0.29, 0.717) is 12.0 Å². The van der Waals surface area contributed by atoms with Gasteiger partial charge in [-0.2, -0.15) is 0 Å². The number of piperidine rings is 1. The first-order chi connectivity index (χ1) is 10.7. The molecule has 1 atom stereocenters. The van der Waals surface area contributed by atoms with Gasteiger partial charge in [-0.3, -0.25) is 4.79 Å². The van der Waals surface area contributed by atoms with Crippen LogP contribution in [0.15, 0.2) is 24.3 Å². The Morgan fingerprint density at radius 3 is 2.45 bits per heavy atom. The minimum atomic E-state index is 0.151. The zero-order chi connectivity index (χ0) is 15.0. The molecule has 0 aromatic heterocycles. The zero-order valence-electron chi connectivity index (χ0n) is 12.9. The molecule has 3 aliphatic rings. The van der Waals surface area contributed by atoms with E-state index in [0.717, 1.165) is 37.4 Å². The summed E-state index contributed by atoms with van der Waals surface area (Å²) >= 11 is 0. The summed E-state index contributed by atoms with van der Waals surface area (Å²) in [7, 11) is 0. The number of benzene rings is 1. The van der Waals surface area contributed by atoms with Crippen molar-refractivity contribution in [2.75, 3.05) is 26.3 Å². The Kier molecular flexibility index (Phi) is 3.57. The molecule has 1 amide bonds. The van der Waals surface area contributed by atoms with Crippen molar-refractivity contribution in [3.05, 3.63) is 29.8 Å². The van der Waals surface area contributed by atoms with E-state index in [1.807, 2.05) is 29.2 Å². The van der Waals surface area contributed by atoms with Crippen molar-refractivity contribution >= 4 is 5.91 Å². The molecule has 0 N–H and O–H groups in total. The van der Waals surface area contributed by atoms with Crippen molar-refractivity contribution in [2.45, 2.75) is 38.2 Å². The van der Waals surface area contributed by atoms with Crippen LogP contribution in [0.1, 0.15) is 42.5 Å². The van der Waals surface area contributed by atoms with Gasteiger partial charge in [-0.25, -0.2) is 0 Å². The normalized spacial score (nSPS) is 26.2. The second kappa shape index (κ2) is 5.58. The minimum Gasteiger partial charge on any atom is -0.488 e. The molecular weight excluding hydrogens is 278 g/mol. The molecule has 2 saturated heterocycles. The first kappa shape index (κ1) is 14.1. The lowest BCUT2D eigenvalue weighted by Crippen LogP contribution is -2.39. The van der Waals surface area contributed by atoms with Crippen molar-refractivity contribution in [3.8, 4) is 5.75 Å². The molecule has 1 unspecified atom stereocenters. The summed E-state index contributed by atoms with van der Waals surface area (Å²) in [6, 6.07) is 7.57. The Hall–Kier alpha value is -1.55. The van der Waals surface area contributed by atoms with Gasteiger partial charge in [-0.15, -0.1) is 0 Å². The fourth-order valence-corrected chi connectivity index (χ4v) is 3.52. The Morgan fingerprint density at radius 2 is 1.86 bits per heavy atom. The molecule has 1 aromatic carbocycles. The lowest BCUT2D eigenvalue weighted by Gasteiger charge is -2.32. The van der Waals surface area contributed by atoms with Crippen LogP contribution in [0, 0.1) is 5.41 Å². The maximum atomic E-state index is 12.6. The van der Waals surface area contributed by atoms with Crippen LogP contribution < -0.4 is 4.74 Å². The Labute approximate surface area is 131 Å². The Morgan fingerprint density at radius 1 is 1.14 bits per heavy atom. The van der Waals surface area contributed by atoms with Crippen molar-refractivity contribution < 1.29 is 14.3 Å². The summed E-state index contributed by atoms with van der Waals surface area (Å²) in [5.41, 5.74) is 1.37. The molecular formula is C18H23NO3. The summed E-state index contributed by atoms with van der Waals surface area (Å²) in [6.07, 6.45) is 6.19. The van der Waals surface area contributed by atoms with Crippen molar-refractivity contribution in [1.29, 1.82) is 0 Å². The van der Waals surface area contributed by atoms with Crippen LogP contribution in [0.4, 0.5) is 0 Å². The minimum absolute atomic E-state index is 0.151.